The molecule has 3 rings (SSSR count). The lowest BCUT2D eigenvalue weighted by Gasteiger charge is -2.37. The maximum atomic E-state index is 12.1. The molecule has 0 aromatic heterocycles. The monoisotopic (exact) mass is 502 g/mol. The van der Waals surface area contributed by atoms with Crippen molar-refractivity contribution in [3.63, 3.8) is 0 Å². The second-order valence-electron chi connectivity index (χ2n) is 10.3. The number of hydrogen-bond donors (Lipinski definition) is 3. The Morgan fingerprint density at radius 1 is 0.811 bits per heavy atom. The van der Waals surface area contributed by atoms with Gasteiger partial charge in [0, 0.05) is 0 Å². The number of amides is 1. The third-order valence-electron chi connectivity index (χ3n) is 6.20. The zero-order valence-electron chi connectivity index (χ0n) is 22.2. The number of carbonyl (C=O) groups is 2. The number of ether oxygens (including phenoxy) is 1. The average molecular weight is 503 g/mol. The van der Waals surface area contributed by atoms with Crippen LogP contribution in [-0.2, 0) is 15.1 Å². The summed E-state index contributed by atoms with van der Waals surface area (Å²) in [6, 6.07) is 28.3. The molecule has 3 aromatic carbocycles. The molecule has 0 aliphatic rings. The number of carbonyl (C=O) groups excluding carboxylic acids is 1. The second-order valence-corrected chi connectivity index (χ2v) is 10.3. The van der Waals surface area contributed by atoms with Crippen molar-refractivity contribution in [2.75, 3.05) is 6.54 Å². The molecular weight excluding hydrogens is 464 g/mol. The van der Waals surface area contributed by atoms with E-state index in [4.69, 9.17) is 4.74 Å². The summed E-state index contributed by atoms with van der Waals surface area (Å²) in [6.07, 6.45) is 0.940. The van der Waals surface area contributed by atoms with E-state index in [0.717, 1.165) is 23.1 Å². The molecule has 6 nitrogen and oxygen atoms in total. The molecule has 0 fully saturated rings. The maximum absolute atomic E-state index is 12.1. The minimum absolute atomic E-state index is 0.310. The van der Waals surface area contributed by atoms with E-state index in [1.54, 1.807) is 20.8 Å². The summed E-state index contributed by atoms with van der Waals surface area (Å²) >= 11 is 0. The van der Waals surface area contributed by atoms with Gasteiger partial charge in [0.05, 0.1) is 5.54 Å². The highest BCUT2D eigenvalue weighted by molar-refractivity contribution is 5.79. The molecule has 0 aliphatic carbocycles. The molecule has 37 heavy (non-hydrogen) atoms. The van der Waals surface area contributed by atoms with Crippen LogP contribution in [-0.4, -0.2) is 35.4 Å². The third kappa shape index (κ3) is 7.67. The molecule has 1 amide bonds. The van der Waals surface area contributed by atoms with Gasteiger partial charge in [-0.15, -0.1) is 0 Å². The molecule has 0 heterocycles. The van der Waals surface area contributed by atoms with Gasteiger partial charge in [-0.25, -0.2) is 9.59 Å². The summed E-state index contributed by atoms with van der Waals surface area (Å²) < 4.78 is 5.22. The highest BCUT2D eigenvalue weighted by Gasteiger charge is 2.35. The standard InChI is InChI=1S/C31H38N2O4/c1-23-18-20-26(21-19-23)31(24-13-7-5-8-14-24,25-15-9-6-10-16-25)32-22-12-11-17-27(28(34)35)33-29(36)37-30(2,3)4/h5-10,13-16,18-21,27,32H,11-12,17,22H2,1-4H3,(H,33,36)(H,34,35)/t27-/m0/s1. The minimum Gasteiger partial charge on any atom is -0.480 e. The Labute approximate surface area is 220 Å². The molecule has 0 saturated heterocycles. The number of rotatable bonds is 11. The largest absolute Gasteiger partial charge is 0.480 e. The van der Waals surface area contributed by atoms with E-state index >= 15 is 0 Å². The number of unbranched alkanes of at least 4 members (excludes halogenated alkanes) is 1. The van der Waals surface area contributed by atoms with Gasteiger partial charge in [0.25, 0.3) is 0 Å². The van der Waals surface area contributed by atoms with Crippen molar-refractivity contribution in [3.8, 4) is 0 Å². The van der Waals surface area contributed by atoms with Crippen molar-refractivity contribution in [1.29, 1.82) is 0 Å². The van der Waals surface area contributed by atoms with Crippen LogP contribution in [0.25, 0.3) is 0 Å². The van der Waals surface area contributed by atoms with E-state index < -0.39 is 29.2 Å². The number of alkyl carbamates (subject to hydrolysis) is 1. The molecule has 196 valence electrons. The number of carboxylic acids is 1. The van der Waals surface area contributed by atoms with E-state index in [1.165, 1.54) is 5.56 Å². The number of aryl methyl sites for hydroxylation is 1. The molecule has 0 unspecified atom stereocenters. The fourth-order valence-corrected chi connectivity index (χ4v) is 4.44. The van der Waals surface area contributed by atoms with Gasteiger partial charge >= 0.3 is 12.1 Å². The summed E-state index contributed by atoms with van der Waals surface area (Å²) in [5.41, 5.74) is 3.31. The second kappa shape index (κ2) is 12.5. The van der Waals surface area contributed by atoms with Crippen LogP contribution in [0.3, 0.4) is 0 Å². The van der Waals surface area contributed by atoms with Crippen LogP contribution in [0.15, 0.2) is 84.9 Å². The van der Waals surface area contributed by atoms with E-state index in [2.05, 4.69) is 66.1 Å². The first-order valence-corrected chi connectivity index (χ1v) is 12.8. The first kappa shape index (κ1) is 27.9. The van der Waals surface area contributed by atoms with Crippen LogP contribution >= 0.6 is 0 Å². The quantitative estimate of drug-likeness (QED) is 0.220. The Morgan fingerprint density at radius 3 is 1.81 bits per heavy atom. The predicted molar refractivity (Wildman–Crippen MR) is 147 cm³/mol. The lowest BCUT2D eigenvalue weighted by Crippen LogP contribution is -2.45. The molecule has 3 N–H and O–H groups in total. The zero-order valence-corrected chi connectivity index (χ0v) is 22.2. The Morgan fingerprint density at radius 2 is 1.32 bits per heavy atom. The van der Waals surface area contributed by atoms with Gasteiger partial charge in [-0.1, -0.05) is 90.5 Å². The van der Waals surface area contributed by atoms with Gasteiger partial charge in [0.15, 0.2) is 0 Å². The van der Waals surface area contributed by atoms with Crippen molar-refractivity contribution in [1.82, 2.24) is 10.6 Å². The summed E-state index contributed by atoms with van der Waals surface area (Å²) in [5, 5.41) is 15.9. The van der Waals surface area contributed by atoms with Crippen LogP contribution in [0.1, 0.15) is 62.3 Å². The fraction of sp³-hybridized carbons (Fsp3) is 0.355. The normalized spacial score (nSPS) is 12.5. The van der Waals surface area contributed by atoms with Crippen molar-refractivity contribution in [3.05, 3.63) is 107 Å². The SMILES string of the molecule is Cc1ccc(C(NCCCC[C@H](NC(=O)OC(C)(C)C)C(=O)O)(c2ccccc2)c2ccccc2)cc1. The molecule has 0 bridgehead atoms. The van der Waals surface area contributed by atoms with Gasteiger partial charge in [0.1, 0.15) is 11.6 Å². The molecule has 0 saturated carbocycles. The Hall–Kier alpha value is -3.64. The first-order valence-electron chi connectivity index (χ1n) is 12.8. The smallest absolute Gasteiger partial charge is 0.408 e. The highest BCUT2D eigenvalue weighted by atomic mass is 16.6. The Bertz CT molecular complexity index is 1100. The maximum Gasteiger partial charge on any atom is 0.408 e. The molecule has 6 heteroatoms. The van der Waals surface area contributed by atoms with Crippen LogP contribution < -0.4 is 10.6 Å². The van der Waals surface area contributed by atoms with Crippen LogP contribution in [0.2, 0.25) is 0 Å². The lowest BCUT2D eigenvalue weighted by atomic mass is 9.76. The van der Waals surface area contributed by atoms with Gasteiger partial charge < -0.3 is 15.2 Å². The van der Waals surface area contributed by atoms with E-state index in [1.807, 2.05) is 36.4 Å². The molecule has 0 spiro atoms. The number of nitrogens with one attached hydrogen (secondary N) is 2. The topological polar surface area (TPSA) is 87.7 Å². The number of hydrogen-bond acceptors (Lipinski definition) is 4. The third-order valence-corrected chi connectivity index (χ3v) is 6.20. The molecule has 1 atom stereocenters. The van der Waals surface area contributed by atoms with Gasteiger partial charge in [-0.05, 0) is 70.2 Å². The average Bonchev–Trinajstić information content (AvgIpc) is 2.86. The summed E-state index contributed by atoms with van der Waals surface area (Å²) in [6.45, 7) is 7.96. The van der Waals surface area contributed by atoms with Crippen molar-refractivity contribution >= 4 is 12.1 Å². The van der Waals surface area contributed by atoms with Gasteiger partial charge in [-0.3, -0.25) is 5.32 Å². The Balaban J connectivity index is 1.77. The number of benzene rings is 3. The zero-order chi connectivity index (χ0) is 26.9. The minimum atomic E-state index is -1.07. The molecule has 3 aromatic rings. The number of aliphatic carboxylic acids is 1. The van der Waals surface area contributed by atoms with Crippen LogP contribution in [0.5, 0.6) is 0 Å². The van der Waals surface area contributed by atoms with Crippen molar-refractivity contribution in [2.24, 2.45) is 0 Å². The van der Waals surface area contributed by atoms with Crippen LogP contribution in [0, 0.1) is 6.92 Å². The fourth-order valence-electron chi connectivity index (χ4n) is 4.44. The predicted octanol–water partition coefficient (Wildman–Crippen LogP) is 6.02. The highest BCUT2D eigenvalue weighted by Crippen LogP contribution is 2.37. The van der Waals surface area contributed by atoms with Gasteiger partial charge in [0.2, 0.25) is 0 Å². The lowest BCUT2D eigenvalue weighted by molar-refractivity contribution is -0.139. The van der Waals surface area contributed by atoms with Gasteiger partial charge in [-0.2, -0.15) is 0 Å². The van der Waals surface area contributed by atoms with Crippen molar-refractivity contribution < 1.29 is 19.4 Å². The van der Waals surface area contributed by atoms with E-state index in [0.29, 0.717) is 19.4 Å². The van der Waals surface area contributed by atoms with Crippen molar-refractivity contribution in [2.45, 2.75) is 64.1 Å². The van der Waals surface area contributed by atoms with E-state index in [9.17, 15) is 14.7 Å². The molecule has 0 aliphatic heterocycles. The number of carboxylic acid groups (broad SMARTS) is 1. The van der Waals surface area contributed by atoms with Crippen LogP contribution in [0.4, 0.5) is 4.79 Å². The Kier molecular flexibility index (Phi) is 9.48. The first-order chi connectivity index (χ1) is 17.6. The molecular formula is C31H38N2O4. The molecule has 0 radical (unpaired) electrons. The summed E-state index contributed by atoms with van der Waals surface area (Å²) in [7, 11) is 0. The van der Waals surface area contributed by atoms with E-state index in [-0.39, 0.29) is 0 Å². The summed E-state index contributed by atoms with van der Waals surface area (Å²) in [4.78, 5) is 23.8. The summed E-state index contributed by atoms with van der Waals surface area (Å²) in [5.74, 6) is -1.07.